The minimum Gasteiger partial charge on any atom is -0.451 e. The maximum Gasteiger partial charge on any atom is 0.333 e. The second-order valence-electron chi connectivity index (χ2n) is 8.38. The lowest BCUT2D eigenvalue weighted by Gasteiger charge is -2.36. The number of ether oxygens (including phenoxy) is 1. The monoisotopic (exact) mass is 466 g/mol. The second kappa shape index (κ2) is 7.51. The van der Waals surface area contributed by atoms with Crippen molar-refractivity contribution >= 4 is 21.7 Å². The number of rotatable bonds is 5. The Morgan fingerprint density at radius 2 is 1.67 bits per heavy atom. The van der Waals surface area contributed by atoms with Crippen molar-refractivity contribution in [3.63, 3.8) is 0 Å². The number of benzene rings is 2. The van der Waals surface area contributed by atoms with E-state index < -0.39 is 44.1 Å². The summed E-state index contributed by atoms with van der Waals surface area (Å²) in [5.74, 6) is -1.25. The van der Waals surface area contributed by atoms with E-state index in [1.807, 2.05) is 60.7 Å². The molecular weight excluding hydrogens is 444 g/mol. The number of hydrogen-bond donors (Lipinski definition) is 0. The van der Waals surface area contributed by atoms with Crippen LogP contribution in [0.5, 0.6) is 0 Å². The van der Waals surface area contributed by atoms with Gasteiger partial charge in [-0.3, -0.25) is 4.79 Å². The molecule has 0 bridgehead atoms. The highest BCUT2D eigenvalue weighted by Gasteiger charge is 2.72. The molecule has 5 rings (SSSR count). The molecule has 2 aliphatic rings. The summed E-state index contributed by atoms with van der Waals surface area (Å²) >= 11 is 0. The van der Waals surface area contributed by atoms with E-state index >= 15 is 0 Å². The topological polar surface area (TPSA) is 111 Å². The molecule has 2 saturated heterocycles. The third kappa shape index (κ3) is 3.08. The van der Waals surface area contributed by atoms with Gasteiger partial charge in [-0.15, -0.1) is 0 Å². The Morgan fingerprint density at radius 1 is 1.09 bits per heavy atom. The van der Waals surface area contributed by atoms with Gasteiger partial charge in [0.25, 0.3) is 0 Å². The Labute approximate surface area is 190 Å². The van der Waals surface area contributed by atoms with E-state index in [1.165, 1.54) is 13.1 Å². The highest BCUT2D eigenvalue weighted by atomic mass is 32.2. The van der Waals surface area contributed by atoms with Gasteiger partial charge in [-0.1, -0.05) is 60.7 Å². The Hall–Kier alpha value is -3.53. The number of amides is 1. The Morgan fingerprint density at radius 3 is 2.15 bits per heavy atom. The molecule has 9 nitrogen and oxygen atoms in total. The van der Waals surface area contributed by atoms with Gasteiger partial charge in [0.05, 0.1) is 18.3 Å². The summed E-state index contributed by atoms with van der Waals surface area (Å²) in [6, 6.07) is 16.9. The molecule has 0 radical (unpaired) electrons. The molecule has 2 aliphatic heterocycles. The number of esters is 1. The fourth-order valence-electron chi connectivity index (χ4n) is 4.53. The van der Waals surface area contributed by atoms with Crippen LogP contribution in [0, 0.1) is 6.92 Å². The van der Waals surface area contributed by atoms with Gasteiger partial charge in [0.2, 0.25) is 20.6 Å². The van der Waals surface area contributed by atoms with Crippen LogP contribution in [0.25, 0.3) is 0 Å². The van der Waals surface area contributed by atoms with Crippen LogP contribution in [-0.4, -0.2) is 51.6 Å². The van der Waals surface area contributed by atoms with Crippen LogP contribution in [0.15, 0.2) is 66.9 Å². The molecule has 0 aliphatic carbocycles. The van der Waals surface area contributed by atoms with Crippen molar-refractivity contribution in [1.82, 2.24) is 19.9 Å². The summed E-state index contributed by atoms with van der Waals surface area (Å²) in [5, 5.41) is 7.18. The fourth-order valence-corrected chi connectivity index (χ4v) is 6.82. The minimum absolute atomic E-state index is 0.178. The van der Waals surface area contributed by atoms with Gasteiger partial charge in [-0.2, -0.15) is 15.0 Å². The molecule has 170 valence electrons. The highest BCUT2D eigenvalue weighted by molar-refractivity contribution is 7.93. The van der Waals surface area contributed by atoms with E-state index in [4.69, 9.17) is 4.74 Å². The molecule has 2 unspecified atom stereocenters. The molecule has 1 aromatic heterocycles. The second-order valence-corrected chi connectivity index (χ2v) is 10.8. The third-order valence-electron chi connectivity index (χ3n) is 6.33. The SMILES string of the molecule is Cc1cnn(C2(C)C(C(=O)OC(c3ccccc3)c3ccccc3)N3C(=O)C[C@H]3S2(=O)=O)n1. The zero-order valence-corrected chi connectivity index (χ0v) is 18.8. The fraction of sp³-hybridized carbons (Fsp3) is 0.304. The molecule has 2 aromatic carbocycles. The zero-order chi connectivity index (χ0) is 23.4. The van der Waals surface area contributed by atoms with Crippen molar-refractivity contribution in [2.45, 2.75) is 42.7 Å². The van der Waals surface area contributed by atoms with E-state index in [2.05, 4.69) is 10.2 Å². The number of carbonyl (C=O) groups excluding carboxylic acids is 2. The number of sulfone groups is 1. The number of nitrogens with zero attached hydrogens (tertiary/aromatic N) is 4. The first-order chi connectivity index (χ1) is 15.7. The smallest absolute Gasteiger partial charge is 0.333 e. The van der Waals surface area contributed by atoms with Crippen molar-refractivity contribution in [2.24, 2.45) is 0 Å². The molecule has 1 amide bonds. The normalized spacial score (nSPS) is 25.5. The first kappa shape index (κ1) is 21.3. The van der Waals surface area contributed by atoms with Crippen molar-refractivity contribution in [3.05, 3.63) is 83.7 Å². The Kier molecular flexibility index (Phi) is 4.86. The molecule has 3 aromatic rings. The molecule has 3 heterocycles. The predicted octanol–water partition coefficient (Wildman–Crippen LogP) is 1.95. The van der Waals surface area contributed by atoms with E-state index in [-0.39, 0.29) is 6.42 Å². The summed E-state index contributed by atoms with van der Waals surface area (Å²) in [4.78, 5) is 26.4. The van der Waals surface area contributed by atoms with Gasteiger partial charge < -0.3 is 9.64 Å². The molecule has 2 fully saturated rings. The van der Waals surface area contributed by atoms with Gasteiger partial charge in [0.15, 0.2) is 12.1 Å². The maximum atomic E-state index is 13.7. The molecule has 33 heavy (non-hydrogen) atoms. The van der Waals surface area contributed by atoms with Gasteiger partial charge >= 0.3 is 5.97 Å². The largest absolute Gasteiger partial charge is 0.451 e. The van der Waals surface area contributed by atoms with Crippen LogP contribution >= 0.6 is 0 Å². The number of aromatic nitrogens is 3. The molecule has 0 saturated carbocycles. The van der Waals surface area contributed by atoms with Crippen LogP contribution in [0.3, 0.4) is 0 Å². The summed E-state index contributed by atoms with van der Waals surface area (Å²) in [7, 11) is -4.02. The lowest BCUT2D eigenvalue weighted by molar-refractivity contribution is -0.165. The average molecular weight is 467 g/mol. The van der Waals surface area contributed by atoms with Crippen LogP contribution in [0.2, 0.25) is 0 Å². The van der Waals surface area contributed by atoms with Gasteiger partial charge in [-0.25, -0.2) is 13.2 Å². The van der Waals surface area contributed by atoms with Crippen molar-refractivity contribution in [2.75, 3.05) is 0 Å². The lowest BCUT2D eigenvalue weighted by Crippen LogP contribution is -2.58. The lowest BCUT2D eigenvalue weighted by atomic mass is 10.00. The van der Waals surface area contributed by atoms with E-state index in [0.717, 1.165) is 20.8 Å². The predicted molar refractivity (Wildman–Crippen MR) is 117 cm³/mol. The molecule has 0 spiro atoms. The Balaban J connectivity index is 1.59. The standard InChI is InChI=1S/C23H22N4O5S/c1-15-14-24-27(25-15)23(2)21(26-18(28)13-19(26)33(23,30)31)22(29)32-20(16-9-5-3-6-10-16)17-11-7-4-8-12-17/h3-12,14,19-21H,13H2,1-2H3/t19-,21?,23?/m1/s1. The van der Waals surface area contributed by atoms with Gasteiger partial charge in [-0.05, 0) is 25.0 Å². The number of β-lactam (4-membered cyclic amide) rings is 1. The summed E-state index contributed by atoms with van der Waals surface area (Å²) in [5.41, 5.74) is 1.93. The average Bonchev–Trinajstić information content (AvgIpc) is 3.31. The van der Waals surface area contributed by atoms with Gasteiger partial charge in [0, 0.05) is 0 Å². The quantitative estimate of drug-likeness (QED) is 0.417. The number of carbonyl (C=O) groups is 2. The van der Waals surface area contributed by atoms with Gasteiger partial charge in [0.1, 0.15) is 5.37 Å². The summed E-state index contributed by atoms with van der Waals surface area (Å²) in [6.07, 6.45) is 0.453. The molecule has 10 heteroatoms. The summed E-state index contributed by atoms with van der Waals surface area (Å²) < 4.78 is 32.9. The van der Waals surface area contributed by atoms with E-state index in [9.17, 15) is 18.0 Å². The van der Waals surface area contributed by atoms with Crippen molar-refractivity contribution in [3.8, 4) is 0 Å². The zero-order valence-electron chi connectivity index (χ0n) is 18.0. The minimum atomic E-state index is -4.02. The highest BCUT2D eigenvalue weighted by Crippen LogP contribution is 2.49. The molecule has 0 N–H and O–H groups in total. The molecule has 3 atom stereocenters. The summed E-state index contributed by atoms with van der Waals surface area (Å²) in [6.45, 7) is 3.04. The first-order valence-electron chi connectivity index (χ1n) is 10.5. The van der Waals surface area contributed by atoms with Crippen molar-refractivity contribution in [1.29, 1.82) is 0 Å². The molecular formula is C23H22N4O5S. The van der Waals surface area contributed by atoms with E-state index in [0.29, 0.717) is 5.69 Å². The maximum absolute atomic E-state index is 13.7. The van der Waals surface area contributed by atoms with Crippen molar-refractivity contribution < 1.29 is 22.7 Å². The number of hydrogen-bond acceptors (Lipinski definition) is 7. The van der Waals surface area contributed by atoms with Crippen LogP contribution in [-0.2, 0) is 29.0 Å². The van der Waals surface area contributed by atoms with Crippen LogP contribution in [0.4, 0.5) is 0 Å². The number of aryl methyl sites for hydroxylation is 1. The number of fused-ring (bicyclic) bond motifs is 1. The first-order valence-corrected chi connectivity index (χ1v) is 12.0. The third-order valence-corrected chi connectivity index (χ3v) is 8.98. The van der Waals surface area contributed by atoms with E-state index in [1.54, 1.807) is 6.92 Å². The van der Waals surface area contributed by atoms with Crippen LogP contribution < -0.4 is 0 Å². The Bertz CT molecular complexity index is 1290. The van der Waals surface area contributed by atoms with Crippen LogP contribution in [0.1, 0.15) is 36.3 Å².